The molecule has 3 rings (SSSR count). The summed E-state index contributed by atoms with van der Waals surface area (Å²) in [6.45, 7) is 1.75. The van der Waals surface area contributed by atoms with Crippen LogP contribution in [0.5, 0.6) is 11.5 Å². The molecular weight excluding hydrogens is 388 g/mol. The number of nitrogens with zero attached hydrogens (tertiary/aromatic N) is 2. The number of ether oxygens (including phenoxy) is 3. The minimum absolute atomic E-state index is 0.0696. The van der Waals surface area contributed by atoms with E-state index in [1.807, 2.05) is 35.7 Å². The Morgan fingerprint density at radius 3 is 2.48 bits per heavy atom. The van der Waals surface area contributed by atoms with Gasteiger partial charge in [-0.3, -0.25) is 4.79 Å². The second kappa shape index (κ2) is 10.6. The first kappa shape index (κ1) is 20.8. The zero-order chi connectivity index (χ0) is 20.5. The van der Waals surface area contributed by atoms with Gasteiger partial charge in [0, 0.05) is 24.6 Å². The SMILES string of the molecule is COCCN(Cc1csc(COc2ccccc2)n1)C(=O)c1ccc(OC)cc1. The summed E-state index contributed by atoms with van der Waals surface area (Å²) in [5.74, 6) is 1.45. The highest BCUT2D eigenvalue weighted by molar-refractivity contribution is 7.09. The third kappa shape index (κ3) is 6.04. The zero-order valence-electron chi connectivity index (χ0n) is 16.5. The summed E-state index contributed by atoms with van der Waals surface area (Å²) in [6.07, 6.45) is 0. The van der Waals surface area contributed by atoms with Crippen LogP contribution in [0.2, 0.25) is 0 Å². The lowest BCUT2D eigenvalue weighted by atomic mass is 10.2. The highest BCUT2D eigenvalue weighted by Gasteiger charge is 2.17. The van der Waals surface area contributed by atoms with Gasteiger partial charge in [0.2, 0.25) is 0 Å². The van der Waals surface area contributed by atoms with Crippen molar-refractivity contribution in [3.8, 4) is 11.5 Å². The van der Waals surface area contributed by atoms with Crippen LogP contribution in [0.15, 0.2) is 60.0 Å². The third-order valence-electron chi connectivity index (χ3n) is 4.25. The molecule has 0 aliphatic heterocycles. The quantitative estimate of drug-likeness (QED) is 0.503. The molecule has 0 aliphatic rings. The Labute approximate surface area is 174 Å². The summed E-state index contributed by atoms with van der Waals surface area (Å²) in [4.78, 5) is 19.3. The van der Waals surface area contributed by atoms with Gasteiger partial charge in [-0.05, 0) is 36.4 Å². The molecule has 0 unspecified atom stereocenters. The summed E-state index contributed by atoms with van der Waals surface area (Å²) in [6, 6.07) is 16.7. The molecule has 1 heterocycles. The van der Waals surface area contributed by atoms with Crippen molar-refractivity contribution in [1.82, 2.24) is 9.88 Å². The van der Waals surface area contributed by atoms with Gasteiger partial charge >= 0.3 is 0 Å². The normalized spacial score (nSPS) is 10.6. The lowest BCUT2D eigenvalue weighted by Crippen LogP contribution is -2.33. The standard InChI is InChI=1S/C22H24N2O4S/c1-26-13-12-24(22(25)17-8-10-19(27-2)11-9-17)14-18-16-29-21(23-18)15-28-20-6-4-3-5-7-20/h3-11,16H,12-15H2,1-2H3. The maximum atomic E-state index is 13.0. The lowest BCUT2D eigenvalue weighted by Gasteiger charge is -2.21. The zero-order valence-corrected chi connectivity index (χ0v) is 17.4. The van der Waals surface area contributed by atoms with Gasteiger partial charge in [-0.25, -0.2) is 4.98 Å². The van der Waals surface area contributed by atoms with E-state index < -0.39 is 0 Å². The van der Waals surface area contributed by atoms with Crippen LogP contribution in [0.3, 0.4) is 0 Å². The fourth-order valence-electron chi connectivity index (χ4n) is 2.72. The van der Waals surface area contributed by atoms with E-state index in [9.17, 15) is 4.79 Å². The average molecular weight is 413 g/mol. The summed E-state index contributed by atoms with van der Waals surface area (Å²) in [5, 5.41) is 2.83. The van der Waals surface area contributed by atoms with Crippen LogP contribution in [0.25, 0.3) is 0 Å². The highest BCUT2D eigenvalue weighted by atomic mass is 32.1. The number of methoxy groups -OCH3 is 2. The van der Waals surface area contributed by atoms with Crippen LogP contribution in [-0.2, 0) is 17.9 Å². The average Bonchev–Trinajstić information content (AvgIpc) is 3.23. The molecule has 2 aromatic carbocycles. The van der Waals surface area contributed by atoms with E-state index in [4.69, 9.17) is 14.2 Å². The molecule has 0 N–H and O–H groups in total. The van der Waals surface area contributed by atoms with E-state index >= 15 is 0 Å². The van der Waals surface area contributed by atoms with Gasteiger partial charge in [-0.1, -0.05) is 18.2 Å². The fourth-order valence-corrected chi connectivity index (χ4v) is 3.41. The maximum absolute atomic E-state index is 13.0. The highest BCUT2D eigenvalue weighted by Crippen LogP contribution is 2.18. The molecule has 6 nitrogen and oxygen atoms in total. The topological polar surface area (TPSA) is 60.9 Å². The Morgan fingerprint density at radius 1 is 1.03 bits per heavy atom. The first-order valence-electron chi connectivity index (χ1n) is 9.23. The smallest absolute Gasteiger partial charge is 0.254 e. The Hall–Kier alpha value is -2.90. The fraction of sp³-hybridized carbons (Fsp3) is 0.273. The van der Waals surface area contributed by atoms with Crippen LogP contribution in [0.4, 0.5) is 0 Å². The van der Waals surface area contributed by atoms with E-state index in [0.29, 0.717) is 37.6 Å². The minimum Gasteiger partial charge on any atom is -0.497 e. The summed E-state index contributed by atoms with van der Waals surface area (Å²) in [7, 11) is 3.22. The number of carbonyl (C=O) groups excluding carboxylic acids is 1. The van der Waals surface area contributed by atoms with Crippen molar-refractivity contribution in [2.45, 2.75) is 13.2 Å². The summed E-state index contributed by atoms with van der Waals surface area (Å²) >= 11 is 1.53. The number of carbonyl (C=O) groups is 1. The molecule has 1 aromatic heterocycles. The molecule has 29 heavy (non-hydrogen) atoms. The number of benzene rings is 2. The van der Waals surface area contributed by atoms with Gasteiger partial charge in [-0.15, -0.1) is 11.3 Å². The molecule has 0 bridgehead atoms. The van der Waals surface area contributed by atoms with Gasteiger partial charge in [0.05, 0.1) is 26.0 Å². The maximum Gasteiger partial charge on any atom is 0.254 e. The monoisotopic (exact) mass is 412 g/mol. The predicted octanol–water partition coefficient (Wildman–Crippen LogP) is 4.02. The molecule has 0 aliphatic carbocycles. The van der Waals surface area contributed by atoms with E-state index in [1.165, 1.54) is 11.3 Å². The van der Waals surface area contributed by atoms with E-state index in [2.05, 4.69) is 4.98 Å². The van der Waals surface area contributed by atoms with Crippen molar-refractivity contribution < 1.29 is 19.0 Å². The molecule has 0 atom stereocenters. The molecule has 1 amide bonds. The van der Waals surface area contributed by atoms with Crippen molar-refractivity contribution >= 4 is 17.2 Å². The van der Waals surface area contributed by atoms with Crippen LogP contribution in [-0.4, -0.2) is 43.2 Å². The van der Waals surface area contributed by atoms with Crippen molar-refractivity contribution in [3.05, 3.63) is 76.2 Å². The number of thiazole rings is 1. The van der Waals surface area contributed by atoms with Crippen LogP contribution < -0.4 is 9.47 Å². The first-order valence-corrected chi connectivity index (χ1v) is 10.1. The number of hydrogen-bond donors (Lipinski definition) is 0. The number of aromatic nitrogens is 1. The third-order valence-corrected chi connectivity index (χ3v) is 5.12. The lowest BCUT2D eigenvalue weighted by molar-refractivity contribution is 0.0678. The molecule has 3 aromatic rings. The molecule has 0 saturated carbocycles. The molecule has 0 spiro atoms. The van der Waals surface area contributed by atoms with E-state index in [0.717, 1.165) is 16.5 Å². The Kier molecular flexibility index (Phi) is 7.61. The van der Waals surface area contributed by atoms with Crippen molar-refractivity contribution in [1.29, 1.82) is 0 Å². The van der Waals surface area contributed by atoms with Crippen molar-refractivity contribution in [2.24, 2.45) is 0 Å². The first-order chi connectivity index (χ1) is 14.2. The van der Waals surface area contributed by atoms with Crippen molar-refractivity contribution in [2.75, 3.05) is 27.4 Å². The Balaban J connectivity index is 1.64. The number of amides is 1. The second-order valence-corrected chi connectivity index (χ2v) is 7.22. The minimum atomic E-state index is -0.0696. The molecule has 0 radical (unpaired) electrons. The second-order valence-electron chi connectivity index (χ2n) is 6.28. The van der Waals surface area contributed by atoms with Gasteiger partial charge in [0.15, 0.2) is 0 Å². The molecule has 0 saturated heterocycles. The van der Waals surface area contributed by atoms with Crippen LogP contribution >= 0.6 is 11.3 Å². The molecule has 152 valence electrons. The van der Waals surface area contributed by atoms with Gasteiger partial charge in [-0.2, -0.15) is 0 Å². The Morgan fingerprint density at radius 2 is 1.79 bits per heavy atom. The van der Waals surface area contributed by atoms with Gasteiger partial charge in [0.25, 0.3) is 5.91 Å². The number of rotatable bonds is 10. The number of para-hydroxylation sites is 1. The van der Waals surface area contributed by atoms with E-state index in [1.54, 1.807) is 43.4 Å². The van der Waals surface area contributed by atoms with E-state index in [-0.39, 0.29) is 5.91 Å². The van der Waals surface area contributed by atoms with Gasteiger partial charge in [0.1, 0.15) is 23.1 Å². The largest absolute Gasteiger partial charge is 0.497 e. The predicted molar refractivity (Wildman–Crippen MR) is 112 cm³/mol. The summed E-state index contributed by atoms with van der Waals surface area (Å²) < 4.78 is 16.1. The van der Waals surface area contributed by atoms with Gasteiger partial charge < -0.3 is 19.1 Å². The molecule has 7 heteroatoms. The van der Waals surface area contributed by atoms with Crippen LogP contribution in [0.1, 0.15) is 21.1 Å². The molecular formula is C22H24N2O4S. The Bertz CT molecular complexity index is 897. The van der Waals surface area contributed by atoms with Crippen LogP contribution in [0, 0.1) is 0 Å². The summed E-state index contributed by atoms with van der Waals surface area (Å²) in [5.41, 5.74) is 1.43. The molecule has 0 fully saturated rings. The van der Waals surface area contributed by atoms with Crippen molar-refractivity contribution in [3.63, 3.8) is 0 Å². The number of hydrogen-bond acceptors (Lipinski definition) is 6.